The van der Waals surface area contributed by atoms with Gasteiger partial charge in [-0.1, -0.05) is 12.1 Å². The molecule has 2 aliphatic rings. The molecule has 10 nitrogen and oxygen atoms in total. The molecular formula is C31H37N9OS. The van der Waals surface area contributed by atoms with Crippen LogP contribution in [0.3, 0.4) is 0 Å². The number of nitriles is 1. The number of amides is 1. The van der Waals surface area contributed by atoms with Gasteiger partial charge in [0.05, 0.1) is 31.0 Å². The van der Waals surface area contributed by atoms with E-state index in [1.807, 2.05) is 34.7 Å². The molecule has 0 spiro atoms. The number of anilines is 1. The van der Waals surface area contributed by atoms with Crippen molar-refractivity contribution in [1.82, 2.24) is 34.2 Å². The summed E-state index contributed by atoms with van der Waals surface area (Å²) < 4.78 is 3.81. The van der Waals surface area contributed by atoms with Crippen LogP contribution in [0.4, 0.5) is 5.69 Å². The molecule has 2 saturated heterocycles. The van der Waals surface area contributed by atoms with E-state index in [-0.39, 0.29) is 11.3 Å². The minimum atomic E-state index is -0.119. The molecule has 42 heavy (non-hydrogen) atoms. The number of hydrogen-bond acceptors (Lipinski definition) is 8. The maximum Gasteiger partial charge on any atom is 0.236 e. The summed E-state index contributed by atoms with van der Waals surface area (Å²) in [6, 6.07) is 15.4. The fourth-order valence-electron chi connectivity index (χ4n) is 6.14. The molecule has 11 heteroatoms. The number of carbonyl (C=O) groups is 1. The van der Waals surface area contributed by atoms with Gasteiger partial charge in [0.1, 0.15) is 0 Å². The Bertz CT molecular complexity index is 1580. The Morgan fingerprint density at radius 3 is 2.62 bits per heavy atom. The summed E-state index contributed by atoms with van der Waals surface area (Å²) in [5.41, 5.74) is 4.15. The Labute approximate surface area is 250 Å². The van der Waals surface area contributed by atoms with Crippen LogP contribution in [0.5, 0.6) is 0 Å². The molecule has 0 aliphatic carbocycles. The molecule has 0 atom stereocenters. The Morgan fingerprint density at radius 2 is 1.88 bits per heavy atom. The SMILES string of the molecule is CSc1ccc(C2(CC#N)CCN(c3cccn4nc(Cc5cnn(CCN6CCN(C)C(=O)C6)c5)nc34)CC2)cc1. The number of pyridine rings is 1. The first-order chi connectivity index (χ1) is 20.5. The van der Waals surface area contributed by atoms with Gasteiger partial charge < -0.3 is 9.80 Å². The molecule has 2 fully saturated rings. The molecular weight excluding hydrogens is 546 g/mol. The highest BCUT2D eigenvalue weighted by Crippen LogP contribution is 2.40. The predicted octanol–water partition coefficient (Wildman–Crippen LogP) is 3.46. The zero-order valence-electron chi connectivity index (χ0n) is 24.3. The summed E-state index contributed by atoms with van der Waals surface area (Å²) in [5.74, 6) is 0.933. The van der Waals surface area contributed by atoms with Crippen molar-refractivity contribution in [3.8, 4) is 6.07 Å². The summed E-state index contributed by atoms with van der Waals surface area (Å²) in [4.78, 5) is 24.5. The lowest BCUT2D eigenvalue weighted by atomic mass is 9.71. The molecule has 0 saturated carbocycles. The summed E-state index contributed by atoms with van der Waals surface area (Å²) in [7, 11) is 1.86. The molecule has 0 N–H and O–H groups in total. The third-order valence-corrected chi connectivity index (χ3v) is 9.54. The fraction of sp³-hybridized carbons (Fsp3) is 0.452. The average molecular weight is 584 g/mol. The van der Waals surface area contributed by atoms with Gasteiger partial charge in [0.15, 0.2) is 11.5 Å². The highest BCUT2D eigenvalue weighted by molar-refractivity contribution is 7.98. The molecule has 0 radical (unpaired) electrons. The predicted molar refractivity (Wildman–Crippen MR) is 164 cm³/mol. The number of nitrogens with zero attached hydrogens (tertiary/aromatic N) is 9. The van der Waals surface area contributed by atoms with Crippen molar-refractivity contribution < 1.29 is 4.79 Å². The minimum absolute atomic E-state index is 0.119. The Balaban J connectivity index is 1.11. The van der Waals surface area contributed by atoms with Crippen molar-refractivity contribution in [2.75, 3.05) is 57.5 Å². The number of carbonyl (C=O) groups excluding carboxylic acids is 1. The van der Waals surface area contributed by atoms with E-state index in [1.165, 1.54) is 10.5 Å². The second kappa shape index (κ2) is 12.2. The maximum absolute atomic E-state index is 12.0. The van der Waals surface area contributed by atoms with E-state index in [9.17, 15) is 10.1 Å². The van der Waals surface area contributed by atoms with Gasteiger partial charge in [-0.05, 0) is 54.5 Å². The van der Waals surface area contributed by atoms with E-state index in [0.29, 0.717) is 19.4 Å². The monoisotopic (exact) mass is 583 g/mol. The number of fused-ring (bicyclic) bond motifs is 1. The lowest BCUT2D eigenvalue weighted by Crippen LogP contribution is -2.49. The lowest BCUT2D eigenvalue weighted by molar-refractivity contribution is -0.134. The standard InChI is InChI=1S/C31H37N9OS/c1-36-16-17-37(23-29(36)41)18-19-39-22-24(21-33-39)20-28-34-30-27(4-3-13-40(30)35-28)38-14-10-31(9-12-32,11-15-38)25-5-7-26(42-2)8-6-25/h3-8,13,21-22H,9-11,14-20,23H2,1-2H3. The summed E-state index contributed by atoms with van der Waals surface area (Å²) in [6.07, 6.45) is 10.9. The summed E-state index contributed by atoms with van der Waals surface area (Å²) in [5, 5.41) is 19.0. The van der Waals surface area contributed by atoms with Crippen LogP contribution in [0.15, 0.2) is 59.9 Å². The zero-order valence-corrected chi connectivity index (χ0v) is 25.1. The van der Waals surface area contributed by atoms with E-state index in [1.54, 1.807) is 16.7 Å². The van der Waals surface area contributed by atoms with Gasteiger partial charge in [-0.25, -0.2) is 9.50 Å². The van der Waals surface area contributed by atoms with Crippen molar-refractivity contribution in [3.05, 3.63) is 71.9 Å². The highest BCUT2D eigenvalue weighted by Gasteiger charge is 2.37. The fourth-order valence-corrected chi connectivity index (χ4v) is 6.55. The lowest BCUT2D eigenvalue weighted by Gasteiger charge is -2.42. The Hall–Kier alpha value is -3.88. The maximum atomic E-state index is 12.0. The van der Waals surface area contributed by atoms with E-state index in [2.05, 4.69) is 63.8 Å². The third kappa shape index (κ3) is 5.87. The van der Waals surface area contributed by atoms with Crippen LogP contribution in [0.1, 0.15) is 36.2 Å². The van der Waals surface area contributed by atoms with Crippen LogP contribution < -0.4 is 4.90 Å². The highest BCUT2D eigenvalue weighted by atomic mass is 32.2. The molecule has 1 amide bonds. The van der Waals surface area contributed by atoms with Crippen LogP contribution in [-0.4, -0.2) is 92.7 Å². The first-order valence-electron chi connectivity index (χ1n) is 14.5. The van der Waals surface area contributed by atoms with Crippen LogP contribution in [0.25, 0.3) is 5.65 Å². The van der Waals surface area contributed by atoms with Gasteiger partial charge >= 0.3 is 0 Å². The zero-order chi connectivity index (χ0) is 29.1. The van der Waals surface area contributed by atoms with Crippen molar-refractivity contribution in [2.24, 2.45) is 0 Å². The second-order valence-electron chi connectivity index (χ2n) is 11.4. The van der Waals surface area contributed by atoms with Gasteiger partial charge in [0.25, 0.3) is 0 Å². The second-order valence-corrected chi connectivity index (χ2v) is 12.3. The molecule has 5 heterocycles. The molecule has 0 unspecified atom stereocenters. The Morgan fingerprint density at radius 1 is 1.07 bits per heavy atom. The van der Waals surface area contributed by atoms with Crippen molar-refractivity contribution in [3.63, 3.8) is 0 Å². The molecule has 4 aromatic rings. The number of piperazine rings is 1. The topological polar surface area (TPSA) is 98.6 Å². The molecule has 2 aliphatic heterocycles. The third-order valence-electron chi connectivity index (χ3n) is 8.80. The number of benzene rings is 1. The first kappa shape index (κ1) is 28.2. The van der Waals surface area contributed by atoms with Gasteiger partial charge in [-0.2, -0.15) is 15.5 Å². The number of aromatic nitrogens is 5. The number of thioether (sulfide) groups is 1. The van der Waals surface area contributed by atoms with E-state index in [4.69, 9.17) is 10.1 Å². The van der Waals surface area contributed by atoms with Gasteiger partial charge in [-0.15, -0.1) is 11.8 Å². The smallest absolute Gasteiger partial charge is 0.236 e. The van der Waals surface area contributed by atoms with Crippen LogP contribution >= 0.6 is 11.8 Å². The summed E-state index contributed by atoms with van der Waals surface area (Å²) in [6.45, 7) is 5.40. The van der Waals surface area contributed by atoms with Crippen molar-refractivity contribution >= 4 is 29.0 Å². The van der Waals surface area contributed by atoms with Gasteiger partial charge in [-0.3, -0.25) is 14.4 Å². The number of piperidine rings is 1. The Kier molecular flexibility index (Phi) is 8.18. The van der Waals surface area contributed by atoms with Crippen LogP contribution in [0.2, 0.25) is 0 Å². The van der Waals surface area contributed by atoms with E-state index in [0.717, 1.165) is 74.8 Å². The van der Waals surface area contributed by atoms with Gasteiger partial charge in [0, 0.05) is 75.3 Å². The molecule has 218 valence electrons. The van der Waals surface area contributed by atoms with E-state index >= 15 is 0 Å². The quantitative estimate of drug-likeness (QED) is 0.276. The van der Waals surface area contributed by atoms with Gasteiger partial charge in [0.2, 0.25) is 5.91 Å². The van der Waals surface area contributed by atoms with Crippen molar-refractivity contribution in [2.45, 2.75) is 42.5 Å². The largest absolute Gasteiger partial charge is 0.368 e. The number of hydrogen-bond donors (Lipinski definition) is 0. The molecule has 1 aromatic carbocycles. The normalized spacial score (nSPS) is 17.6. The molecule has 6 rings (SSSR count). The number of likely N-dealkylation sites (N-methyl/N-ethyl adjacent to an activating group) is 1. The first-order valence-corrected chi connectivity index (χ1v) is 15.8. The minimum Gasteiger partial charge on any atom is -0.368 e. The van der Waals surface area contributed by atoms with E-state index < -0.39 is 0 Å². The average Bonchev–Trinajstić information content (AvgIpc) is 3.64. The van der Waals surface area contributed by atoms with Crippen LogP contribution in [-0.2, 0) is 23.2 Å². The summed E-state index contributed by atoms with van der Waals surface area (Å²) >= 11 is 1.74. The molecule has 0 bridgehead atoms. The van der Waals surface area contributed by atoms with Crippen LogP contribution in [0, 0.1) is 11.3 Å². The van der Waals surface area contributed by atoms with Crippen molar-refractivity contribution in [1.29, 1.82) is 5.26 Å². The number of rotatable bonds is 9. The molecule has 3 aromatic heterocycles.